The highest BCUT2D eigenvalue weighted by Gasteiger charge is 2.31. The van der Waals surface area contributed by atoms with Crippen molar-refractivity contribution >= 4 is 6.09 Å². The minimum absolute atomic E-state index is 0.139. The average Bonchev–Trinajstić information content (AvgIpc) is 2.92. The van der Waals surface area contributed by atoms with Crippen LogP contribution in [0, 0.1) is 5.92 Å². The summed E-state index contributed by atoms with van der Waals surface area (Å²) in [7, 11) is 0. The molecule has 0 spiro atoms. The van der Waals surface area contributed by atoms with Crippen LogP contribution in [0.15, 0.2) is 24.3 Å². The van der Waals surface area contributed by atoms with E-state index in [0.29, 0.717) is 25.4 Å². The van der Waals surface area contributed by atoms with Crippen molar-refractivity contribution in [3.8, 4) is 5.75 Å². The molecule has 1 atom stereocenters. The van der Waals surface area contributed by atoms with Crippen LogP contribution in [0.2, 0.25) is 0 Å². The van der Waals surface area contributed by atoms with E-state index in [1.165, 1.54) is 12.1 Å². The Hall–Kier alpha value is -1.92. The molecule has 7 heteroatoms. The number of benzene rings is 1. The van der Waals surface area contributed by atoms with E-state index in [2.05, 4.69) is 0 Å². The molecule has 1 fully saturated rings. The molecule has 1 aliphatic rings. The summed E-state index contributed by atoms with van der Waals surface area (Å²) in [5, 5.41) is 0. The van der Waals surface area contributed by atoms with Crippen LogP contribution in [0.25, 0.3) is 0 Å². The Morgan fingerprint density at radius 2 is 1.83 bits per heavy atom. The second kappa shape index (κ2) is 6.91. The minimum atomic E-state index is -4.35. The summed E-state index contributed by atoms with van der Waals surface area (Å²) in [5.74, 6) is 0.526. The lowest BCUT2D eigenvalue weighted by Gasteiger charge is -2.24. The van der Waals surface area contributed by atoms with E-state index in [4.69, 9.17) is 9.47 Å². The zero-order valence-corrected chi connectivity index (χ0v) is 14.0. The molecule has 2 rings (SSSR count). The van der Waals surface area contributed by atoms with Crippen molar-refractivity contribution in [2.45, 2.75) is 39.0 Å². The normalized spacial score (nSPS) is 18.6. The molecule has 0 aliphatic carbocycles. The number of nitrogens with zero attached hydrogens (tertiary/aromatic N) is 1. The third-order valence-corrected chi connectivity index (χ3v) is 3.60. The number of likely N-dealkylation sites (tertiary alicyclic amines) is 1. The number of hydrogen-bond donors (Lipinski definition) is 0. The topological polar surface area (TPSA) is 38.8 Å². The van der Waals surface area contributed by atoms with E-state index in [1.54, 1.807) is 4.90 Å². The van der Waals surface area contributed by atoms with Gasteiger partial charge in [0.15, 0.2) is 0 Å². The van der Waals surface area contributed by atoms with Crippen LogP contribution in [-0.4, -0.2) is 36.3 Å². The van der Waals surface area contributed by atoms with Gasteiger partial charge in [0.1, 0.15) is 11.4 Å². The summed E-state index contributed by atoms with van der Waals surface area (Å²) < 4.78 is 48.3. The fraction of sp³-hybridized carbons (Fsp3) is 0.588. The Labute approximate surface area is 139 Å². The first-order valence-electron chi connectivity index (χ1n) is 7.82. The molecular formula is C17H22F3NO3. The zero-order valence-electron chi connectivity index (χ0n) is 14.0. The maximum absolute atomic E-state index is 12.5. The summed E-state index contributed by atoms with van der Waals surface area (Å²) in [6, 6.07) is 4.61. The van der Waals surface area contributed by atoms with E-state index in [0.717, 1.165) is 18.6 Å². The molecule has 0 N–H and O–H groups in total. The Bertz CT molecular complexity index is 564. The number of carbonyl (C=O) groups is 1. The lowest BCUT2D eigenvalue weighted by molar-refractivity contribution is -0.137. The highest BCUT2D eigenvalue weighted by molar-refractivity contribution is 5.68. The molecule has 0 unspecified atom stereocenters. The molecule has 1 amide bonds. The van der Waals surface area contributed by atoms with Crippen molar-refractivity contribution in [3.05, 3.63) is 29.8 Å². The van der Waals surface area contributed by atoms with Gasteiger partial charge < -0.3 is 14.4 Å². The Morgan fingerprint density at radius 1 is 1.21 bits per heavy atom. The van der Waals surface area contributed by atoms with Gasteiger partial charge in [-0.25, -0.2) is 4.79 Å². The van der Waals surface area contributed by atoms with Crippen LogP contribution in [0.3, 0.4) is 0 Å². The molecule has 0 bridgehead atoms. The zero-order chi connectivity index (χ0) is 18.0. The molecular weight excluding hydrogens is 323 g/mol. The van der Waals surface area contributed by atoms with E-state index in [-0.39, 0.29) is 12.0 Å². The standard InChI is InChI=1S/C17H22F3NO3/c1-16(2,3)24-15(22)21-9-8-12(10-21)11-23-14-6-4-13(5-7-14)17(18,19)20/h4-7,12H,8-11H2,1-3H3/t12-/m1/s1. The van der Waals surface area contributed by atoms with E-state index in [9.17, 15) is 18.0 Å². The molecule has 1 saturated heterocycles. The van der Waals surface area contributed by atoms with Crippen molar-refractivity contribution in [2.75, 3.05) is 19.7 Å². The molecule has 1 aliphatic heterocycles. The number of carbonyl (C=O) groups excluding carboxylic acids is 1. The van der Waals surface area contributed by atoms with E-state index >= 15 is 0 Å². The SMILES string of the molecule is CC(C)(C)OC(=O)N1CC[C@@H](COc2ccc(C(F)(F)F)cc2)C1. The van der Waals surface area contributed by atoms with Gasteiger partial charge >= 0.3 is 12.3 Å². The van der Waals surface area contributed by atoms with Crippen molar-refractivity contribution in [2.24, 2.45) is 5.92 Å². The van der Waals surface area contributed by atoms with Crippen molar-refractivity contribution in [1.82, 2.24) is 4.90 Å². The van der Waals surface area contributed by atoms with Crippen LogP contribution in [0.1, 0.15) is 32.8 Å². The number of ether oxygens (including phenoxy) is 2. The summed E-state index contributed by atoms with van der Waals surface area (Å²) >= 11 is 0. The predicted octanol–water partition coefficient (Wildman–Crippen LogP) is 4.34. The van der Waals surface area contributed by atoms with Gasteiger partial charge in [-0.05, 0) is 51.5 Å². The molecule has 0 radical (unpaired) electrons. The minimum Gasteiger partial charge on any atom is -0.493 e. The van der Waals surface area contributed by atoms with Crippen molar-refractivity contribution < 1.29 is 27.4 Å². The molecule has 0 saturated carbocycles. The van der Waals surface area contributed by atoms with Crippen LogP contribution in [0.5, 0.6) is 5.75 Å². The molecule has 1 heterocycles. The van der Waals surface area contributed by atoms with Gasteiger partial charge in [-0.2, -0.15) is 13.2 Å². The van der Waals surface area contributed by atoms with Crippen LogP contribution < -0.4 is 4.74 Å². The first-order chi connectivity index (χ1) is 11.0. The van der Waals surface area contributed by atoms with Crippen molar-refractivity contribution in [3.63, 3.8) is 0 Å². The van der Waals surface area contributed by atoms with E-state index < -0.39 is 17.3 Å². The smallest absolute Gasteiger partial charge is 0.416 e. The Morgan fingerprint density at radius 3 is 2.38 bits per heavy atom. The fourth-order valence-corrected chi connectivity index (χ4v) is 2.42. The third-order valence-electron chi connectivity index (χ3n) is 3.60. The van der Waals surface area contributed by atoms with Crippen LogP contribution >= 0.6 is 0 Å². The largest absolute Gasteiger partial charge is 0.493 e. The molecule has 134 valence electrons. The number of hydrogen-bond acceptors (Lipinski definition) is 3. The molecule has 1 aromatic rings. The lowest BCUT2D eigenvalue weighted by atomic mass is 10.1. The summed E-state index contributed by atoms with van der Waals surface area (Å²) in [6.07, 6.45) is -3.92. The number of halogens is 3. The Kier molecular flexibility index (Phi) is 5.30. The lowest BCUT2D eigenvalue weighted by Crippen LogP contribution is -2.35. The highest BCUT2D eigenvalue weighted by atomic mass is 19.4. The summed E-state index contributed by atoms with van der Waals surface area (Å²) in [6.45, 7) is 6.90. The maximum Gasteiger partial charge on any atom is 0.416 e. The summed E-state index contributed by atoms with van der Waals surface area (Å²) in [5.41, 5.74) is -1.24. The second-order valence-electron chi connectivity index (χ2n) is 6.91. The predicted molar refractivity (Wildman–Crippen MR) is 82.9 cm³/mol. The molecule has 24 heavy (non-hydrogen) atoms. The van der Waals surface area contributed by atoms with Gasteiger partial charge in [0.05, 0.1) is 12.2 Å². The molecule has 0 aromatic heterocycles. The first kappa shape index (κ1) is 18.4. The number of alkyl halides is 3. The molecule has 4 nitrogen and oxygen atoms in total. The maximum atomic E-state index is 12.5. The van der Waals surface area contributed by atoms with Gasteiger partial charge in [0, 0.05) is 19.0 Å². The number of amides is 1. The quantitative estimate of drug-likeness (QED) is 0.818. The molecule has 1 aromatic carbocycles. The van der Waals surface area contributed by atoms with Gasteiger partial charge in [0.2, 0.25) is 0 Å². The Balaban J connectivity index is 1.81. The first-order valence-corrected chi connectivity index (χ1v) is 7.82. The van der Waals surface area contributed by atoms with Gasteiger partial charge in [-0.3, -0.25) is 0 Å². The number of rotatable bonds is 3. The van der Waals surface area contributed by atoms with Crippen LogP contribution in [0.4, 0.5) is 18.0 Å². The monoisotopic (exact) mass is 345 g/mol. The second-order valence-corrected chi connectivity index (χ2v) is 6.91. The third kappa shape index (κ3) is 5.32. The summed E-state index contributed by atoms with van der Waals surface area (Å²) in [4.78, 5) is 13.6. The fourth-order valence-electron chi connectivity index (χ4n) is 2.42. The van der Waals surface area contributed by atoms with Gasteiger partial charge in [-0.1, -0.05) is 0 Å². The van der Waals surface area contributed by atoms with Gasteiger partial charge in [-0.15, -0.1) is 0 Å². The van der Waals surface area contributed by atoms with Crippen molar-refractivity contribution in [1.29, 1.82) is 0 Å². The van der Waals surface area contributed by atoms with Crippen LogP contribution in [-0.2, 0) is 10.9 Å². The van der Waals surface area contributed by atoms with Gasteiger partial charge in [0.25, 0.3) is 0 Å². The highest BCUT2D eigenvalue weighted by Crippen LogP contribution is 2.30. The average molecular weight is 345 g/mol. The van der Waals surface area contributed by atoms with E-state index in [1.807, 2.05) is 20.8 Å².